The van der Waals surface area contributed by atoms with Crippen molar-refractivity contribution in [3.05, 3.63) is 71.4 Å². The summed E-state index contributed by atoms with van der Waals surface area (Å²) in [6.45, 7) is 6.26. The number of urea groups is 1. The molecule has 2 rings (SSSR count). The molecule has 0 unspecified atom stereocenters. The second kappa shape index (κ2) is 7.46. The molecule has 114 valence electrons. The van der Waals surface area contributed by atoms with Gasteiger partial charge in [0.05, 0.1) is 0 Å². The van der Waals surface area contributed by atoms with Crippen LogP contribution in [0.3, 0.4) is 0 Å². The highest BCUT2D eigenvalue weighted by atomic mass is 16.2. The summed E-state index contributed by atoms with van der Waals surface area (Å²) in [7, 11) is 0. The third-order valence-corrected chi connectivity index (χ3v) is 3.36. The van der Waals surface area contributed by atoms with Crippen molar-refractivity contribution in [3.8, 4) is 0 Å². The van der Waals surface area contributed by atoms with E-state index in [0.717, 1.165) is 16.8 Å². The van der Waals surface area contributed by atoms with Crippen molar-refractivity contribution < 1.29 is 4.79 Å². The normalized spacial score (nSPS) is 10.9. The zero-order chi connectivity index (χ0) is 15.9. The zero-order valence-electron chi connectivity index (χ0n) is 13.3. The Hall–Kier alpha value is -2.55. The fourth-order valence-electron chi connectivity index (χ4n) is 2.26. The molecule has 0 heterocycles. The van der Waals surface area contributed by atoms with Crippen LogP contribution in [0, 0.1) is 6.92 Å². The Bertz CT molecular complexity index is 675. The van der Waals surface area contributed by atoms with Crippen LogP contribution in [0.25, 0.3) is 6.08 Å². The van der Waals surface area contributed by atoms with Crippen molar-refractivity contribution in [2.75, 3.05) is 5.32 Å². The minimum Gasteiger partial charge on any atom is -0.314 e. The molecule has 0 aliphatic heterocycles. The molecule has 0 saturated heterocycles. The molecular formula is C19H22N2O. The molecule has 0 saturated carbocycles. The topological polar surface area (TPSA) is 41.1 Å². The van der Waals surface area contributed by atoms with Gasteiger partial charge in [-0.05, 0) is 36.1 Å². The summed E-state index contributed by atoms with van der Waals surface area (Å²) in [5.74, 6) is 0.360. The second-order valence-electron chi connectivity index (χ2n) is 5.59. The average molecular weight is 294 g/mol. The first kappa shape index (κ1) is 15.8. The van der Waals surface area contributed by atoms with Crippen LogP contribution in [-0.2, 0) is 0 Å². The summed E-state index contributed by atoms with van der Waals surface area (Å²) in [5, 5.41) is 5.62. The standard InChI is InChI=1S/C19H22N2O/c1-14(2)17-9-4-5-10-18(17)21-19(22)20-12-11-16-8-6-7-15(3)13-16/h4-14H,1-3H3,(H2,20,21,22)/b12-11+. The SMILES string of the molecule is Cc1cccc(/C=C/NC(=O)Nc2ccccc2C(C)C)c1. The molecule has 0 aromatic heterocycles. The van der Waals surface area contributed by atoms with Gasteiger partial charge in [0.1, 0.15) is 0 Å². The van der Waals surface area contributed by atoms with Crippen molar-refractivity contribution in [3.63, 3.8) is 0 Å². The van der Waals surface area contributed by atoms with E-state index in [1.807, 2.05) is 55.5 Å². The fourth-order valence-corrected chi connectivity index (χ4v) is 2.26. The Morgan fingerprint density at radius 1 is 1.09 bits per heavy atom. The number of anilines is 1. The maximum atomic E-state index is 12.0. The molecular weight excluding hydrogens is 272 g/mol. The number of aryl methyl sites for hydroxylation is 1. The van der Waals surface area contributed by atoms with Gasteiger partial charge in [-0.15, -0.1) is 0 Å². The van der Waals surface area contributed by atoms with Crippen LogP contribution in [0.4, 0.5) is 10.5 Å². The van der Waals surface area contributed by atoms with Crippen molar-refractivity contribution >= 4 is 17.8 Å². The van der Waals surface area contributed by atoms with Gasteiger partial charge in [-0.2, -0.15) is 0 Å². The molecule has 22 heavy (non-hydrogen) atoms. The zero-order valence-corrected chi connectivity index (χ0v) is 13.3. The monoisotopic (exact) mass is 294 g/mol. The van der Waals surface area contributed by atoms with Crippen LogP contribution in [0.2, 0.25) is 0 Å². The van der Waals surface area contributed by atoms with Crippen LogP contribution in [0.15, 0.2) is 54.7 Å². The first-order valence-corrected chi connectivity index (χ1v) is 7.46. The highest BCUT2D eigenvalue weighted by Gasteiger charge is 2.07. The summed E-state index contributed by atoms with van der Waals surface area (Å²) in [6, 6.07) is 15.7. The van der Waals surface area contributed by atoms with E-state index in [0.29, 0.717) is 5.92 Å². The van der Waals surface area contributed by atoms with Crippen LogP contribution < -0.4 is 10.6 Å². The second-order valence-corrected chi connectivity index (χ2v) is 5.59. The maximum Gasteiger partial charge on any atom is 0.323 e. The molecule has 0 fully saturated rings. The maximum absolute atomic E-state index is 12.0. The lowest BCUT2D eigenvalue weighted by molar-refractivity contribution is 0.255. The van der Waals surface area contributed by atoms with E-state index in [9.17, 15) is 4.79 Å². The van der Waals surface area contributed by atoms with Crippen LogP contribution >= 0.6 is 0 Å². The van der Waals surface area contributed by atoms with E-state index in [1.54, 1.807) is 6.20 Å². The molecule has 0 bridgehead atoms. The number of benzene rings is 2. The first-order chi connectivity index (χ1) is 10.6. The number of nitrogens with one attached hydrogen (secondary N) is 2. The summed E-state index contributed by atoms with van der Waals surface area (Å²) >= 11 is 0. The van der Waals surface area contributed by atoms with Gasteiger partial charge in [-0.1, -0.05) is 61.9 Å². The molecule has 0 aliphatic rings. The Kier molecular flexibility index (Phi) is 5.37. The van der Waals surface area contributed by atoms with Gasteiger partial charge in [0.25, 0.3) is 0 Å². The molecule has 3 nitrogen and oxygen atoms in total. The summed E-state index contributed by atoms with van der Waals surface area (Å²) < 4.78 is 0. The van der Waals surface area contributed by atoms with E-state index < -0.39 is 0 Å². The average Bonchev–Trinajstić information content (AvgIpc) is 2.47. The summed E-state index contributed by atoms with van der Waals surface area (Å²) in [5.41, 5.74) is 4.22. The van der Waals surface area contributed by atoms with Gasteiger partial charge in [0, 0.05) is 11.9 Å². The number of para-hydroxylation sites is 1. The minimum absolute atomic E-state index is 0.239. The van der Waals surface area contributed by atoms with Gasteiger partial charge < -0.3 is 10.6 Å². The van der Waals surface area contributed by atoms with Crippen molar-refractivity contribution in [1.29, 1.82) is 0 Å². The molecule has 0 radical (unpaired) electrons. The predicted molar refractivity (Wildman–Crippen MR) is 92.9 cm³/mol. The number of rotatable bonds is 4. The number of carbonyl (C=O) groups is 1. The van der Waals surface area contributed by atoms with Crippen molar-refractivity contribution in [2.24, 2.45) is 0 Å². The summed E-state index contributed by atoms with van der Waals surface area (Å²) in [6.07, 6.45) is 3.53. The molecule has 3 heteroatoms. The Balaban J connectivity index is 1.96. The smallest absolute Gasteiger partial charge is 0.314 e. The lowest BCUT2D eigenvalue weighted by Gasteiger charge is -2.13. The van der Waals surface area contributed by atoms with Crippen molar-refractivity contribution in [1.82, 2.24) is 5.32 Å². The lowest BCUT2D eigenvalue weighted by Crippen LogP contribution is -2.24. The molecule has 0 aliphatic carbocycles. The number of hydrogen-bond donors (Lipinski definition) is 2. The predicted octanol–water partition coefficient (Wildman–Crippen LogP) is 4.91. The molecule has 2 aromatic rings. The van der Waals surface area contributed by atoms with Gasteiger partial charge >= 0.3 is 6.03 Å². The quantitative estimate of drug-likeness (QED) is 0.826. The Morgan fingerprint density at radius 3 is 2.59 bits per heavy atom. The number of hydrogen-bond acceptors (Lipinski definition) is 1. The first-order valence-electron chi connectivity index (χ1n) is 7.46. The molecule has 0 atom stereocenters. The molecule has 0 spiro atoms. The Morgan fingerprint density at radius 2 is 1.86 bits per heavy atom. The highest BCUT2D eigenvalue weighted by molar-refractivity contribution is 5.91. The fraction of sp³-hybridized carbons (Fsp3) is 0.211. The van der Waals surface area contributed by atoms with Gasteiger partial charge in [-0.25, -0.2) is 4.79 Å². The van der Waals surface area contributed by atoms with Crippen molar-refractivity contribution in [2.45, 2.75) is 26.7 Å². The highest BCUT2D eigenvalue weighted by Crippen LogP contribution is 2.23. The minimum atomic E-state index is -0.239. The summed E-state index contributed by atoms with van der Waals surface area (Å²) in [4.78, 5) is 12.0. The number of carbonyl (C=O) groups excluding carboxylic acids is 1. The van der Waals surface area contributed by atoms with E-state index in [1.165, 1.54) is 5.56 Å². The van der Waals surface area contributed by atoms with E-state index in [-0.39, 0.29) is 6.03 Å². The van der Waals surface area contributed by atoms with Crippen LogP contribution in [-0.4, -0.2) is 6.03 Å². The van der Waals surface area contributed by atoms with E-state index >= 15 is 0 Å². The van der Waals surface area contributed by atoms with E-state index in [4.69, 9.17) is 0 Å². The van der Waals surface area contributed by atoms with E-state index in [2.05, 4.69) is 30.5 Å². The Labute approximate surface area is 132 Å². The molecule has 2 aromatic carbocycles. The van der Waals surface area contributed by atoms with Crippen LogP contribution in [0.1, 0.15) is 36.5 Å². The van der Waals surface area contributed by atoms with Crippen LogP contribution in [0.5, 0.6) is 0 Å². The third-order valence-electron chi connectivity index (χ3n) is 3.36. The van der Waals surface area contributed by atoms with Gasteiger partial charge in [-0.3, -0.25) is 0 Å². The lowest BCUT2D eigenvalue weighted by atomic mass is 10.0. The largest absolute Gasteiger partial charge is 0.323 e. The molecule has 2 amide bonds. The third kappa shape index (κ3) is 4.48. The van der Waals surface area contributed by atoms with Gasteiger partial charge in [0.2, 0.25) is 0 Å². The van der Waals surface area contributed by atoms with Gasteiger partial charge in [0.15, 0.2) is 0 Å². The molecule has 2 N–H and O–H groups in total. The number of amides is 2.